The van der Waals surface area contributed by atoms with Gasteiger partial charge in [-0.2, -0.15) is 4.98 Å². The van der Waals surface area contributed by atoms with Gasteiger partial charge in [0, 0.05) is 6.42 Å². The van der Waals surface area contributed by atoms with Crippen molar-refractivity contribution in [3.63, 3.8) is 0 Å². The molecule has 1 aliphatic heterocycles. The van der Waals surface area contributed by atoms with Gasteiger partial charge in [-0.15, -0.1) is 0 Å². The van der Waals surface area contributed by atoms with Crippen molar-refractivity contribution in [3.8, 4) is 0 Å². The summed E-state index contributed by atoms with van der Waals surface area (Å²) in [6.07, 6.45) is 2.24. The van der Waals surface area contributed by atoms with Crippen molar-refractivity contribution >= 4 is 0 Å². The first kappa shape index (κ1) is 9.61. The number of aliphatic hydroxyl groups is 1. The van der Waals surface area contributed by atoms with Crippen LogP contribution in [-0.2, 0) is 6.42 Å². The SMILES string of the molecule is CC(O)Cc1noc(C2CCCN2)n1. The molecule has 2 rings (SSSR count). The summed E-state index contributed by atoms with van der Waals surface area (Å²) in [6, 6.07) is 0.213. The Kier molecular flexibility index (Phi) is 2.79. The molecule has 1 aromatic heterocycles. The molecule has 1 fully saturated rings. The predicted octanol–water partition coefficient (Wildman–Crippen LogP) is 0.417. The van der Waals surface area contributed by atoms with Crippen LogP contribution in [-0.4, -0.2) is 27.9 Å². The molecule has 0 radical (unpaired) electrons. The molecule has 0 aliphatic carbocycles. The van der Waals surface area contributed by atoms with Gasteiger partial charge in [0.2, 0.25) is 5.89 Å². The summed E-state index contributed by atoms with van der Waals surface area (Å²) in [5.74, 6) is 1.24. The molecule has 1 aromatic rings. The molecule has 1 aliphatic rings. The molecule has 5 heteroatoms. The van der Waals surface area contributed by atoms with Gasteiger partial charge in [-0.1, -0.05) is 5.16 Å². The van der Waals surface area contributed by atoms with E-state index in [1.165, 1.54) is 0 Å². The lowest BCUT2D eigenvalue weighted by molar-refractivity contribution is 0.191. The van der Waals surface area contributed by atoms with E-state index in [0.717, 1.165) is 19.4 Å². The predicted molar refractivity (Wildman–Crippen MR) is 49.7 cm³/mol. The maximum absolute atomic E-state index is 9.14. The third-order valence-corrected chi connectivity index (χ3v) is 2.32. The average molecular weight is 197 g/mol. The quantitative estimate of drug-likeness (QED) is 0.734. The highest BCUT2D eigenvalue weighted by atomic mass is 16.5. The third-order valence-electron chi connectivity index (χ3n) is 2.32. The molecule has 2 unspecified atom stereocenters. The zero-order chi connectivity index (χ0) is 9.97. The first-order chi connectivity index (χ1) is 6.75. The van der Waals surface area contributed by atoms with Crippen molar-refractivity contribution < 1.29 is 9.63 Å². The van der Waals surface area contributed by atoms with Crippen LogP contribution >= 0.6 is 0 Å². The van der Waals surface area contributed by atoms with E-state index in [9.17, 15) is 0 Å². The Bertz CT molecular complexity index is 292. The van der Waals surface area contributed by atoms with Crippen LogP contribution in [0.15, 0.2) is 4.52 Å². The Hall–Kier alpha value is -0.940. The number of rotatable bonds is 3. The van der Waals surface area contributed by atoms with E-state index in [2.05, 4.69) is 15.5 Å². The average Bonchev–Trinajstić information content (AvgIpc) is 2.69. The second-order valence-electron chi connectivity index (χ2n) is 3.75. The maximum atomic E-state index is 9.14. The standard InChI is InChI=1S/C9H15N3O2/c1-6(13)5-8-11-9(14-12-8)7-3-2-4-10-7/h6-7,10,13H,2-5H2,1H3. The number of nitrogens with one attached hydrogen (secondary N) is 1. The first-order valence-electron chi connectivity index (χ1n) is 4.99. The molecule has 0 aromatic carbocycles. The molecule has 1 saturated heterocycles. The van der Waals surface area contributed by atoms with Crippen molar-refractivity contribution in [2.45, 2.75) is 38.3 Å². The van der Waals surface area contributed by atoms with Gasteiger partial charge in [0.05, 0.1) is 12.1 Å². The fourth-order valence-corrected chi connectivity index (χ4v) is 1.65. The zero-order valence-corrected chi connectivity index (χ0v) is 8.23. The smallest absolute Gasteiger partial charge is 0.243 e. The highest BCUT2D eigenvalue weighted by Crippen LogP contribution is 2.21. The van der Waals surface area contributed by atoms with Crippen LogP contribution in [0.3, 0.4) is 0 Å². The molecular weight excluding hydrogens is 182 g/mol. The van der Waals surface area contributed by atoms with Crippen LogP contribution in [0, 0.1) is 0 Å². The molecule has 78 valence electrons. The minimum atomic E-state index is -0.419. The lowest BCUT2D eigenvalue weighted by atomic mass is 10.2. The van der Waals surface area contributed by atoms with Crippen molar-refractivity contribution in [3.05, 3.63) is 11.7 Å². The molecule has 2 N–H and O–H groups in total. The fourth-order valence-electron chi connectivity index (χ4n) is 1.65. The number of aromatic nitrogens is 2. The van der Waals surface area contributed by atoms with E-state index in [1.807, 2.05) is 0 Å². The van der Waals surface area contributed by atoms with Crippen LogP contribution in [0.1, 0.15) is 37.5 Å². The molecule has 0 bridgehead atoms. The summed E-state index contributed by atoms with van der Waals surface area (Å²) < 4.78 is 5.11. The fraction of sp³-hybridized carbons (Fsp3) is 0.778. The zero-order valence-electron chi connectivity index (χ0n) is 8.23. The molecule has 0 saturated carbocycles. The number of nitrogens with zero attached hydrogens (tertiary/aromatic N) is 2. The normalized spacial score (nSPS) is 24.0. The van der Waals surface area contributed by atoms with E-state index in [4.69, 9.17) is 9.63 Å². The summed E-state index contributed by atoms with van der Waals surface area (Å²) in [5.41, 5.74) is 0. The monoisotopic (exact) mass is 197 g/mol. The Labute approximate surface area is 82.5 Å². The lowest BCUT2D eigenvalue weighted by Crippen LogP contribution is -2.13. The van der Waals surface area contributed by atoms with E-state index in [-0.39, 0.29) is 6.04 Å². The van der Waals surface area contributed by atoms with Crippen molar-refractivity contribution in [2.75, 3.05) is 6.54 Å². The molecule has 2 atom stereocenters. The third kappa shape index (κ3) is 2.10. The Morgan fingerprint density at radius 1 is 1.71 bits per heavy atom. The molecular formula is C9H15N3O2. The Morgan fingerprint density at radius 2 is 2.57 bits per heavy atom. The second kappa shape index (κ2) is 4.06. The summed E-state index contributed by atoms with van der Waals surface area (Å²) in [7, 11) is 0. The van der Waals surface area contributed by atoms with Crippen LogP contribution < -0.4 is 5.32 Å². The van der Waals surface area contributed by atoms with Crippen molar-refractivity contribution in [1.82, 2.24) is 15.5 Å². The molecule has 0 amide bonds. The van der Waals surface area contributed by atoms with Gasteiger partial charge in [0.15, 0.2) is 5.82 Å². The van der Waals surface area contributed by atoms with E-state index in [1.54, 1.807) is 6.92 Å². The minimum Gasteiger partial charge on any atom is -0.393 e. The Morgan fingerprint density at radius 3 is 3.21 bits per heavy atom. The highest BCUT2D eigenvalue weighted by molar-refractivity contribution is 4.95. The summed E-state index contributed by atoms with van der Waals surface area (Å²) >= 11 is 0. The molecule has 0 spiro atoms. The summed E-state index contributed by atoms with van der Waals surface area (Å²) in [6.45, 7) is 2.72. The van der Waals surface area contributed by atoms with Crippen molar-refractivity contribution in [2.24, 2.45) is 0 Å². The van der Waals surface area contributed by atoms with Gasteiger partial charge in [-0.05, 0) is 26.3 Å². The molecule has 14 heavy (non-hydrogen) atoms. The van der Waals surface area contributed by atoms with Crippen LogP contribution in [0.4, 0.5) is 0 Å². The highest BCUT2D eigenvalue weighted by Gasteiger charge is 2.22. The maximum Gasteiger partial charge on any atom is 0.243 e. The van der Waals surface area contributed by atoms with Gasteiger partial charge >= 0.3 is 0 Å². The number of aliphatic hydroxyl groups excluding tert-OH is 1. The van der Waals surface area contributed by atoms with Crippen LogP contribution in [0.25, 0.3) is 0 Å². The number of hydrogen-bond acceptors (Lipinski definition) is 5. The van der Waals surface area contributed by atoms with Gasteiger partial charge in [-0.25, -0.2) is 0 Å². The van der Waals surface area contributed by atoms with Gasteiger partial charge in [0.1, 0.15) is 0 Å². The van der Waals surface area contributed by atoms with Crippen molar-refractivity contribution in [1.29, 1.82) is 0 Å². The largest absolute Gasteiger partial charge is 0.393 e. The molecule has 2 heterocycles. The Balaban J connectivity index is 2.01. The van der Waals surface area contributed by atoms with E-state index >= 15 is 0 Å². The van der Waals surface area contributed by atoms with Gasteiger partial charge in [0.25, 0.3) is 0 Å². The summed E-state index contributed by atoms with van der Waals surface area (Å²) in [5, 5.41) is 16.2. The van der Waals surface area contributed by atoms with E-state index < -0.39 is 6.10 Å². The second-order valence-corrected chi connectivity index (χ2v) is 3.75. The van der Waals surface area contributed by atoms with Gasteiger partial charge in [-0.3, -0.25) is 0 Å². The van der Waals surface area contributed by atoms with Crippen LogP contribution in [0.2, 0.25) is 0 Å². The van der Waals surface area contributed by atoms with Crippen LogP contribution in [0.5, 0.6) is 0 Å². The minimum absolute atomic E-state index is 0.213. The number of hydrogen-bond donors (Lipinski definition) is 2. The van der Waals surface area contributed by atoms with E-state index in [0.29, 0.717) is 18.1 Å². The first-order valence-corrected chi connectivity index (χ1v) is 4.99. The summed E-state index contributed by atoms with van der Waals surface area (Å²) in [4.78, 5) is 4.23. The van der Waals surface area contributed by atoms with Gasteiger partial charge < -0.3 is 14.9 Å². The molecule has 5 nitrogen and oxygen atoms in total. The lowest BCUT2D eigenvalue weighted by Gasteiger charge is -2.01. The topological polar surface area (TPSA) is 71.2 Å².